The van der Waals surface area contributed by atoms with Crippen LogP contribution in [0.3, 0.4) is 0 Å². The molecule has 8 heteroatoms. The van der Waals surface area contributed by atoms with Crippen molar-refractivity contribution in [2.75, 3.05) is 6.54 Å². The van der Waals surface area contributed by atoms with Gasteiger partial charge < -0.3 is 10.0 Å². The van der Waals surface area contributed by atoms with E-state index in [2.05, 4.69) is 16.7 Å². The Morgan fingerprint density at radius 1 is 1.15 bits per heavy atom. The first-order valence-corrected chi connectivity index (χ1v) is 10.7. The number of likely N-dealkylation sites (tertiary alicyclic amines) is 1. The third kappa shape index (κ3) is 4.16. The molecule has 0 saturated carbocycles. The van der Waals surface area contributed by atoms with Crippen LogP contribution in [-0.4, -0.2) is 80.9 Å². The Bertz CT molecular complexity index is 1180. The fraction of sp³-hybridized carbons (Fsp3) is 0.280. The van der Waals surface area contributed by atoms with Crippen LogP contribution in [0.15, 0.2) is 72.2 Å². The van der Waals surface area contributed by atoms with Gasteiger partial charge in [0.2, 0.25) is 5.91 Å². The van der Waals surface area contributed by atoms with Gasteiger partial charge in [-0.2, -0.15) is 0 Å². The van der Waals surface area contributed by atoms with Gasteiger partial charge in [0.1, 0.15) is 11.7 Å². The van der Waals surface area contributed by atoms with Crippen molar-refractivity contribution in [1.82, 2.24) is 9.80 Å². The van der Waals surface area contributed by atoms with Gasteiger partial charge in [0.05, 0.1) is 6.04 Å². The molecule has 2 fully saturated rings. The zero-order valence-corrected chi connectivity index (χ0v) is 17.7. The van der Waals surface area contributed by atoms with Crippen LogP contribution in [0.25, 0.3) is 6.08 Å². The number of β-lactam (4-membered cyclic amide) rings is 1. The van der Waals surface area contributed by atoms with Crippen LogP contribution in [0.4, 0.5) is 0 Å². The van der Waals surface area contributed by atoms with Crippen molar-refractivity contribution in [2.24, 2.45) is 5.92 Å². The van der Waals surface area contributed by atoms with Crippen molar-refractivity contribution in [2.45, 2.75) is 32.0 Å². The van der Waals surface area contributed by atoms with Crippen molar-refractivity contribution in [3.8, 4) is 0 Å². The first kappa shape index (κ1) is 23.4. The summed E-state index contributed by atoms with van der Waals surface area (Å²) in [5.74, 6) is -1.48. The fourth-order valence-electron chi connectivity index (χ4n) is 5.18. The van der Waals surface area contributed by atoms with Gasteiger partial charge in [-0.15, -0.1) is 0 Å². The van der Waals surface area contributed by atoms with Gasteiger partial charge in [-0.25, -0.2) is 9.36 Å². The molecule has 1 aromatic heterocycles. The van der Waals surface area contributed by atoms with E-state index in [1.54, 1.807) is 11.0 Å². The third-order valence-corrected chi connectivity index (χ3v) is 6.56. The average molecular weight is 454 g/mol. The Labute approximate surface area is 214 Å². The van der Waals surface area contributed by atoms with Crippen LogP contribution in [0.2, 0.25) is 0 Å². The average Bonchev–Trinajstić information content (AvgIpc) is 3.15. The van der Waals surface area contributed by atoms with E-state index in [1.807, 2.05) is 48.8 Å². The summed E-state index contributed by atoms with van der Waals surface area (Å²) in [5.41, 5.74) is 2.79. The van der Waals surface area contributed by atoms with Crippen molar-refractivity contribution in [1.29, 1.82) is 0 Å². The van der Waals surface area contributed by atoms with Crippen molar-refractivity contribution < 1.29 is 24.1 Å². The molecule has 0 unspecified atom stereocenters. The Morgan fingerprint density at radius 2 is 1.91 bits per heavy atom. The topological polar surface area (TPSA) is 81.8 Å². The molecule has 3 aliphatic heterocycles. The van der Waals surface area contributed by atoms with Crippen LogP contribution in [0.1, 0.15) is 24.5 Å². The van der Waals surface area contributed by atoms with Crippen LogP contribution >= 0.6 is 0 Å². The Kier molecular flexibility index (Phi) is 6.56. The van der Waals surface area contributed by atoms with Crippen molar-refractivity contribution in [3.63, 3.8) is 0 Å². The van der Waals surface area contributed by atoms with Crippen LogP contribution in [0.5, 0.6) is 0 Å². The number of nitrogens with zero attached hydrogens (tertiary/aromatic N) is 3. The maximum atomic E-state index is 12.7. The van der Waals surface area contributed by atoms with Gasteiger partial charge in [-0.1, -0.05) is 36.4 Å². The normalized spacial score (nSPS) is 23.3. The van der Waals surface area contributed by atoms with E-state index < -0.39 is 12.0 Å². The zero-order valence-electron chi connectivity index (χ0n) is 17.7. The number of rotatable bonds is 5. The number of carboxylic acids is 1. The summed E-state index contributed by atoms with van der Waals surface area (Å²) < 4.78 is 2.07. The standard InChI is InChI=1S/C25H23N3O4.Na.H/c1-16(29)27-15-20-12-19(22(25(31)32)28-21(20)23(27)24(28)30)10-9-18-8-5-11-26(14-18)13-17-6-3-2-4-7-17;;/h2-11,14,20-21,23H,12-13,15H2,1H3;;/p+1/b10-9+;;/t20-,21-,23+;;/m1../s1. The summed E-state index contributed by atoms with van der Waals surface area (Å²) in [5, 5.41) is 9.85. The maximum absolute atomic E-state index is 12.7. The number of allylic oxidation sites excluding steroid dienone is 2. The molecule has 164 valence electrons. The summed E-state index contributed by atoms with van der Waals surface area (Å²) in [6, 6.07) is 13.3. The molecule has 2 saturated heterocycles. The Balaban J connectivity index is 0.00000259. The number of carbonyl (C=O) groups is 3. The molecule has 4 heterocycles. The molecule has 33 heavy (non-hydrogen) atoms. The molecular formula is C25H25N3NaO4+. The number of hydrogen-bond acceptors (Lipinski definition) is 3. The quantitative estimate of drug-likeness (QED) is 0.418. The van der Waals surface area contributed by atoms with Gasteiger partial charge in [-0.05, 0) is 24.1 Å². The second-order valence-electron chi connectivity index (χ2n) is 8.59. The number of pyridine rings is 1. The molecule has 2 amide bonds. The number of benzene rings is 1. The molecule has 7 nitrogen and oxygen atoms in total. The van der Waals surface area contributed by atoms with Crippen molar-refractivity contribution in [3.05, 3.63) is 83.3 Å². The zero-order chi connectivity index (χ0) is 22.4. The van der Waals surface area contributed by atoms with E-state index in [1.165, 1.54) is 17.4 Å². The molecule has 0 bridgehead atoms. The van der Waals surface area contributed by atoms with Gasteiger partial charge in [0, 0.05) is 36.6 Å². The van der Waals surface area contributed by atoms with Crippen LogP contribution in [0, 0.1) is 5.92 Å². The molecule has 5 rings (SSSR count). The predicted molar refractivity (Wildman–Crippen MR) is 123 cm³/mol. The minimum atomic E-state index is -1.11. The third-order valence-electron chi connectivity index (χ3n) is 6.56. The van der Waals surface area contributed by atoms with Gasteiger partial charge in [-0.3, -0.25) is 14.5 Å². The molecule has 3 aliphatic rings. The van der Waals surface area contributed by atoms with Crippen LogP contribution in [-0.2, 0) is 20.9 Å². The molecule has 2 aromatic rings. The fourth-order valence-corrected chi connectivity index (χ4v) is 5.18. The van der Waals surface area contributed by atoms with Crippen LogP contribution < -0.4 is 4.57 Å². The molecular weight excluding hydrogens is 429 g/mol. The van der Waals surface area contributed by atoms with Gasteiger partial charge in [0.25, 0.3) is 5.91 Å². The van der Waals surface area contributed by atoms with E-state index >= 15 is 0 Å². The number of aromatic nitrogens is 1. The van der Waals surface area contributed by atoms with Crippen molar-refractivity contribution >= 4 is 53.4 Å². The van der Waals surface area contributed by atoms with E-state index in [0.29, 0.717) is 18.5 Å². The first-order chi connectivity index (χ1) is 15.4. The van der Waals surface area contributed by atoms with E-state index in [-0.39, 0.29) is 59.0 Å². The summed E-state index contributed by atoms with van der Waals surface area (Å²) >= 11 is 0. The number of carboxylic acid groups (broad SMARTS) is 1. The second-order valence-corrected chi connectivity index (χ2v) is 8.59. The molecule has 0 spiro atoms. The van der Waals surface area contributed by atoms with Gasteiger partial charge in [0.15, 0.2) is 18.9 Å². The number of aliphatic carboxylic acids is 1. The monoisotopic (exact) mass is 454 g/mol. The first-order valence-electron chi connectivity index (χ1n) is 10.7. The predicted octanol–water partition coefficient (Wildman–Crippen LogP) is 1.19. The Hall–Kier alpha value is -2.74. The molecule has 3 atom stereocenters. The number of hydrogen-bond donors (Lipinski definition) is 1. The molecule has 1 aromatic carbocycles. The SMILES string of the molecule is CC(=O)N1C[C@H]2CC(/C=C/c3ccc[n+](Cc4ccccc4)c3)=C(C(=O)O)N3C(=O)[C@@H]1[C@@H]23.[NaH]. The molecule has 0 aliphatic carbocycles. The number of carbonyl (C=O) groups excluding carboxylic acids is 2. The summed E-state index contributed by atoms with van der Waals surface area (Å²) in [6.45, 7) is 2.68. The van der Waals surface area contributed by atoms with Gasteiger partial charge >= 0.3 is 35.5 Å². The molecule has 0 radical (unpaired) electrons. The second kappa shape index (κ2) is 9.25. The van der Waals surface area contributed by atoms with E-state index in [4.69, 9.17) is 0 Å². The Morgan fingerprint density at radius 3 is 2.61 bits per heavy atom. The summed E-state index contributed by atoms with van der Waals surface area (Å²) in [4.78, 5) is 39.7. The summed E-state index contributed by atoms with van der Waals surface area (Å²) in [7, 11) is 0. The van der Waals surface area contributed by atoms with E-state index in [9.17, 15) is 19.5 Å². The minimum absolute atomic E-state index is 0. The summed E-state index contributed by atoms with van der Waals surface area (Å²) in [6.07, 6.45) is 8.22. The van der Waals surface area contributed by atoms with E-state index in [0.717, 1.165) is 12.1 Å². The number of amides is 2. The molecule has 1 N–H and O–H groups in total.